The van der Waals surface area contributed by atoms with Crippen molar-refractivity contribution in [2.75, 3.05) is 4.72 Å². The number of benzene rings is 1. The molecule has 1 aromatic rings. The summed E-state index contributed by atoms with van der Waals surface area (Å²) in [6, 6.07) is 6.55. The number of hydrogen-bond donors (Lipinski definition) is 1. The third-order valence-corrected chi connectivity index (χ3v) is 1.84. The highest BCUT2D eigenvalue weighted by molar-refractivity contribution is 7.87. The van der Waals surface area contributed by atoms with Crippen LogP contribution in [0.2, 0.25) is 0 Å². The van der Waals surface area contributed by atoms with E-state index in [4.69, 9.17) is 0 Å². The van der Waals surface area contributed by atoms with Crippen molar-refractivity contribution in [1.29, 1.82) is 0 Å². The highest BCUT2D eigenvalue weighted by Gasteiger charge is 2.06. The summed E-state index contributed by atoms with van der Waals surface area (Å²) < 4.78 is 34.2. The smallest absolute Gasteiger partial charge is 0.257 e. The van der Waals surface area contributed by atoms with Crippen LogP contribution in [0.4, 0.5) is 9.57 Å². The standard InChI is InChI=1S/C7H8FNO2S/c1-6-4-2-3-5-7(6)9-12(8,10)11/h2-5,9H,1H3. The molecule has 0 heterocycles. The first-order valence-corrected chi connectivity index (χ1v) is 4.65. The molecule has 0 atom stereocenters. The molecule has 0 fully saturated rings. The molecule has 0 aliphatic heterocycles. The van der Waals surface area contributed by atoms with E-state index >= 15 is 0 Å². The van der Waals surface area contributed by atoms with Crippen LogP contribution in [0.1, 0.15) is 5.56 Å². The molecule has 0 spiro atoms. The second-order valence-electron chi connectivity index (χ2n) is 2.35. The summed E-state index contributed by atoms with van der Waals surface area (Å²) in [6.07, 6.45) is 0. The van der Waals surface area contributed by atoms with E-state index in [1.165, 1.54) is 6.07 Å². The van der Waals surface area contributed by atoms with E-state index in [2.05, 4.69) is 0 Å². The van der Waals surface area contributed by atoms with Gasteiger partial charge in [-0.2, -0.15) is 8.42 Å². The molecule has 3 nitrogen and oxygen atoms in total. The average Bonchev–Trinajstić information content (AvgIpc) is 1.91. The molecule has 1 N–H and O–H groups in total. The Hall–Kier alpha value is -1.10. The van der Waals surface area contributed by atoms with Gasteiger partial charge in [-0.05, 0) is 18.6 Å². The number of rotatable bonds is 2. The highest BCUT2D eigenvalue weighted by atomic mass is 32.3. The highest BCUT2D eigenvalue weighted by Crippen LogP contribution is 2.14. The Kier molecular flexibility index (Phi) is 2.32. The molecule has 0 saturated heterocycles. The van der Waals surface area contributed by atoms with Gasteiger partial charge >= 0.3 is 10.4 Å². The lowest BCUT2D eigenvalue weighted by Crippen LogP contribution is -2.06. The second kappa shape index (κ2) is 3.10. The predicted molar refractivity (Wildman–Crippen MR) is 44.8 cm³/mol. The molecular weight excluding hydrogens is 181 g/mol. The maximum absolute atomic E-state index is 12.1. The van der Waals surface area contributed by atoms with Crippen LogP contribution in [0, 0.1) is 6.92 Å². The zero-order chi connectivity index (χ0) is 9.19. The molecule has 0 amide bonds. The fraction of sp³-hybridized carbons (Fsp3) is 0.143. The first-order valence-electron chi connectivity index (χ1n) is 3.27. The fourth-order valence-corrected chi connectivity index (χ4v) is 1.31. The lowest BCUT2D eigenvalue weighted by molar-refractivity contribution is 0.558. The van der Waals surface area contributed by atoms with Crippen molar-refractivity contribution >= 4 is 16.1 Å². The molecule has 12 heavy (non-hydrogen) atoms. The third-order valence-electron chi connectivity index (χ3n) is 1.38. The van der Waals surface area contributed by atoms with Crippen molar-refractivity contribution < 1.29 is 12.3 Å². The number of hydrogen-bond acceptors (Lipinski definition) is 2. The topological polar surface area (TPSA) is 46.2 Å². The molecule has 66 valence electrons. The van der Waals surface area contributed by atoms with Gasteiger partial charge < -0.3 is 0 Å². The van der Waals surface area contributed by atoms with Gasteiger partial charge in [-0.15, -0.1) is 0 Å². The van der Waals surface area contributed by atoms with Gasteiger partial charge in [0.1, 0.15) is 0 Å². The second-order valence-corrected chi connectivity index (χ2v) is 3.43. The minimum absolute atomic E-state index is 0.264. The zero-order valence-corrected chi connectivity index (χ0v) is 7.23. The molecule has 1 rings (SSSR count). The van der Waals surface area contributed by atoms with Crippen LogP contribution in [-0.2, 0) is 10.4 Å². The van der Waals surface area contributed by atoms with Gasteiger partial charge in [-0.1, -0.05) is 22.1 Å². The third kappa shape index (κ3) is 2.50. The normalized spacial score (nSPS) is 11.2. The minimum Gasteiger partial charge on any atom is -0.257 e. The van der Waals surface area contributed by atoms with Crippen molar-refractivity contribution in [3.63, 3.8) is 0 Å². The van der Waals surface area contributed by atoms with E-state index in [1.807, 2.05) is 0 Å². The summed E-state index contributed by atoms with van der Waals surface area (Å²) in [5.74, 6) is 0. The Labute approximate surface area is 70.6 Å². The maximum Gasteiger partial charge on any atom is 0.396 e. The van der Waals surface area contributed by atoms with E-state index in [9.17, 15) is 12.3 Å². The van der Waals surface area contributed by atoms with Crippen molar-refractivity contribution in [2.24, 2.45) is 0 Å². The molecule has 1 aromatic carbocycles. The first-order chi connectivity index (χ1) is 5.49. The molecule has 0 bridgehead atoms. The molecule has 0 aliphatic rings. The van der Waals surface area contributed by atoms with Crippen molar-refractivity contribution in [1.82, 2.24) is 0 Å². The molecule has 0 aromatic heterocycles. The Morgan fingerprint density at radius 1 is 1.33 bits per heavy atom. The fourth-order valence-electron chi connectivity index (χ4n) is 0.819. The molecule has 0 saturated carbocycles. The predicted octanol–water partition coefficient (Wildman–Crippen LogP) is 1.62. The largest absolute Gasteiger partial charge is 0.396 e. The van der Waals surface area contributed by atoms with Crippen LogP contribution in [0.5, 0.6) is 0 Å². The van der Waals surface area contributed by atoms with Crippen LogP contribution in [0.25, 0.3) is 0 Å². The monoisotopic (exact) mass is 189 g/mol. The van der Waals surface area contributed by atoms with Crippen molar-refractivity contribution in [3.8, 4) is 0 Å². The summed E-state index contributed by atoms with van der Waals surface area (Å²) in [5.41, 5.74) is 0.943. The Morgan fingerprint density at radius 2 is 1.92 bits per heavy atom. The van der Waals surface area contributed by atoms with Crippen LogP contribution in [0.15, 0.2) is 24.3 Å². The number of nitrogens with one attached hydrogen (secondary N) is 1. The molecule has 5 heteroatoms. The van der Waals surface area contributed by atoms with Crippen molar-refractivity contribution in [2.45, 2.75) is 6.92 Å². The number of anilines is 1. The molecular formula is C7H8FNO2S. The van der Waals surface area contributed by atoms with Gasteiger partial charge in [0, 0.05) is 0 Å². The van der Waals surface area contributed by atoms with Crippen LogP contribution >= 0.6 is 0 Å². The van der Waals surface area contributed by atoms with Gasteiger partial charge in [0.25, 0.3) is 0 Å². The van der Waals surface area contributed by atoms with E-state index in [-0.39, 0.29) is 5.69 Å². The Bertz CT molecular complexity index is 375. The SMILES string of the molecule is Cc1ccccc1NS(=O)(=O)F. The van der Waals surface area contributed by atoms with E-state index in [1.54, 1.807) is 29.8 Å². The van der Waals surface area contributed by atoms with Crippen LogP contribution in [-0.4, -0.2) is 8.42 Å². The zero-order valence-electron chi connectivity index (χ0n) is 6.41. The maximum atomic E-state index is 12.1. The summed E-state index contributed by atoms with van der Waals surface area (Å²) >= 11 is 0. The lowest BCUT2D eigenvalue weighted by atomic mass is 10.2. The molecule has 0 aliphatic carbocycles. The summed E-state index contributed by atoms with van der Waals surface area (Å²) in [5, 5.41) is 0. The van der Waals surface area contributed by atoms with Gasteiger partial charge in [-0.3, -0.25) is 4.72 Å². The summed E-state index contributed by atoms with van der Waals surface area (Å²) in [7, 11) is -4.65. The van der Waals surface area contributed by atoms with Gasteiger partial charge in [0.05, 0.1) is 5.69 Å². The van der Waals surface area contributed by atoms with Gasteiger partial charge in [0.2, 0.25) is 0 Å². The minimum atomic E-state index is -4.65. The number of aryl methyl sites for hydroxylation is 1. The van der Waals surface area contributed by atoms with Gasteiger partial charge in [-0.25, -0.2) is 0 Å². The molecule has 0 unspecified atom stereocenters. The average molecular weight is 189 g/mol. The van der Waals surface area contributed by atoms with Crippen LogP contribution < -0.4 is 4.72 Å². The number of halogens is 1. The summed E-state index contributed by atoms with van der Waals surface area (Å²) in [6.45, 7) is 1.69. The van der Waals surface area contributed by atoms with E-state index < -0.39 is 10.4 Å². The quantitative estimate of drug-likeness (QED) is 0.718. The number of para-hydroxylation sites is 1. The molecule has 0 radical (unpaired) electrons. The Balaban J connectivity index is 2.98. The van der Waals surface area contributed by atoms with Crippen molar-refractivity contribution in [3.05, 3.63) is 29.8 Å². The first kappa shape index (κ1) is 8.99. The Morgan fingerprint density at radius 3 is 2.42 bits per heavy atom. The van der Waals surface area contributed by atoms with E-state index in [0.29, 0.717) is 5.56 Å². The van der Waals surface area contributed by atoms with E-state index in [0.717, 1.165) is 0 Å². The lowest BCUT2D eigenvalue weighted by Gasteiger charge is -2.03. The van der Waals surface area contributed by atoms with Gasteiger partial charge in [0.15, 0.2) is 0 Å². The van der Waals surface area contributed by atoms with Crippen LogP contribution in [0.3, 0.4) is 0 Å². The summed E-state index contributed by atoms with van der Waals surface area (Å²) in [4.78, 5) is 0.